The molecule has 0 radical (unpaired) electrons. The van der Waals surface area contributed by atoms with Crippen molar-refractivity contribution in [3.05, 3.63) is 66.8 Å². The van der Waals surface area contributed by atoms with E-state index < -0.39 is 0 Å². The predicted molar refractivity (Wildman–Crippen MR) is 121 cm³/mol. The summed E-state index contributed by atoms with van der Waals surface area (Å²) >= 11 is 0. The smallest absolute Gasteiger partial charge is 0.251 e. The van der Waals surface area contributed by atoms with Gasteiger partial charge in [0.05, 0.1) is 31.5 Å². The van der Waals surface area contributed by atoms with Crippen LogP contribution in [0.1, 0.15) is 23.2 Å². The molecule has 0 saturated carbocycles. The maximum absolute atomic E-state index is 12.8. The van der Waals surface area contributed by atoms with E-state index in [1.807, 2.05) is 36.4 Å². The van der Waals surface area contributed by atoms with Crippen LogP contribution in [-0.2, 0) is 0 Å². The fraction of sp³-hybridized carbons (Fsp3) is 0.250. The first-order valence-electron chi connectivity index (χ1n) is 10.6. The lowest BCUT2D eigenvalue weighted by Gasteiger charge is -2.32. The fourth-order valence-corrected chi connectivity index (χ4v) is 3.97. The van der Waals surface area contributed by atoms with E-state index in [9.17, 15) is 4.79 Å². The number of anilines is 1. The van der Waals surface area contributed by atoms with Crippen molar-refractivity contribution < 1.29 is 13.9 Å². The van der Waals surface area contributed by atoms with Crippen molar-refractivity contribution in [1.82, 2.24) is 20.3 Å². The summed E-state index contributed by atoms with van der Waals surface area (Å²) in [6.07, 6.45) is 8.40. The summed E-state index contributed by atoms with van der Waals surface area (Å²) in [5, 5.41) is 4.11. The highest BCUT2D eigenvalue weighted by molar-refractivity contribution is 5.96. The first-order valence-corrected chi connectivity index (χ1v) is 10.6. The Kier molecular flexibility index (Phi) is 5.41. The molecule has 3 aromatic heterocycles. The van der Waals surface area contributed by atoms with Crippen LogP contribution < -0.4 is 15.0 Å². The molecule has 0 spiro atoms. The van der Waals surface area contributed by atoms with Crippen molar-refractivity contribution in [1.29, 1.82) is 0 Å². The average molecular weight is 429 g/mol. The normalized spacial score (nSPS) is 14.5. The Balaban J connectivity index is 1.20. The van der Waals surface area contributed by atoms with Gasteiger partial charge in [0.25, 0.3) is 5.91 Å². The number of methoxy groups -OCH3 is 1. The third-order valence-corrected chi connectivity index (χ3v) is 5.76. The molecular weight excluding hydrogens is 406 g/mol. The quantitative estimate of drug-likeness (QED) is 0.517. The highest BCUT2D eigenvalue weighted by Crippen LogP contribution is 2.27. The molecule has 32 heavy (non-hydrogen) atoms. The van der Waals surface area contributed by atoms with E-state index in [4.69, 9.17) is 9.15 Å². The van der Waals surface area contributed by atoms with E-state index in [1.54, 1.807) is 32.0 Å². The molecule has 5 rings (SSSR count). The number of nitrogens with one attached hydrogen (secondary N) is 1. The standard InChI is InChI=1S/C24H23N5O3/c1-31-19-14-26-24(27-15-19)29-11-7-18(8-12-29)28-23(30)17-4-2-16(3-5-17)22-20-9-13-32-21(20)6-10-25-22/h2-6,9-10,13-15,18H,7-8,11-12H2,1H3,(H,28,30). The largest absolute Gasteiger partial charge is 0.494 e. The van der Waals surface area contributed by atoms with Gasteiger partial charge in [0.1, 0.15) is 5.58 Å². The average Bonchev–Trinajstić information content (AvgIpc) is 3.34. The van der Waals surface area contributed by atoms with Crippen LogP contribution in [0.3, 0.4) is 0 Å². The van der Waals surface area contributed by atoms with Crippen LogP contribution in [0, 0.1) is 0 Å². The fourth-order valence-electron chi connectivity index (χ4n) is 3.97. The summed E-state index contributed by atoms with van der Waals surface area (Å²) in [5.41, 5.74) is 3.22. The predicted octanol–water partition coefficient (Wildman–Crippen LogP) is 3.69. The molecule has 8 nitrogen and oxygen atoms in total. The number of ether oxygens (including phenoxy) is 1. The number of furan rings is 1. The van der Waals surface area contributed by atoms with Gasteiger partial charge in [-0.25, -0.2) is 9.97 Å². The number of hydrogen-bond donors (Lipinski definition) is 1. The number of carbonyl (C=O) groups is 1. The molecule has 4 heterocycles. The second-order valence-electron chi connectivity index (χ2n) is 7.73. The summed E-state index contributed by atoms with van der Waals surface area (Å²) in [6.45, 7) is 1.58. The van der Waals surface area contributed by atoms with E-state index in [0.717, 1.165) is 48.2 Å². The molecule has 162 valence electrons. The molecule has 0 atom stereocenters. The van der Waals surface area contributed by atoms with Gasteiger partial charge in [-0.15, -0.1) is 0 Å². The number of piperidine rings is 1. The van der Waals surface area contributed by atoms with Crippen LogP contribution in [0.15, 0.2) is 65.7 Å². The van der Waals surface area contributed by atoms with E-state index in [1.165, 1.54) is 0 Å². The van der Waals surface area contributed by atoms with Gasteiger partial charge in [0.15, 0.2) is 5.75 Å². The molecule has 1 aliphatic rings. The Morgan fingerprint density at radius 3 is 2.53 bits per heavy atom. The monoisotopic (exact) mass is 429 g/mol. The third kappa shape index (κ3) is 3.99. The van der Waals surface area contributed by atoms with Gasteiger partial charge in [-0.2, -0.15) is 0 Å². The molecule has 1 N–H and O–H groups in total. The molecule has 0 unspecified atom stereocenters. The van der Waals surface area contributed by atoms with Crippen molar-refractivity contribution in [3.63, 3.8) is 0 Å². The van der Waals surface area contributed by atoms with Gasteiger partial charge in [-0.3, -0.25) is 9.78 Å². The second kappa shape index (κ2) is 8.66. The lowest BCUT2D eigenvalue weighted by molar-refractivity contribution is 0.0931. The van der Waals surface area contributed by atoms with Crippen LogP contribution in [0.5, 0.6) is 5.75 Å². The van der Waals surface area contributed by atoms with Gasteiger partial charge in [0.2, 0.25) is 5.95 Å². The Labute approximate surface area is 185 Å². The van der Waals surface area contributed by atoms with Crippen molar-refractivity contribution in [2.24, 2.45) is 0 Å². The molecule has 1 amide bonds. The van der Waals surface area contributed by atoms with Crippen molar-refractivity contribution in [3.8, 4) is 17.0 Å². The number of benzene rings is 1. The Morgan fingerprint density at radius 1 is 1.06 bits per heavy atom. The first-order chi connectivity index (χ1) is 15.7. The van der Waals surface area contributed by atoms with Crippen molar-refractivity contribution in [2.45, 2.75) is 18.9 Å². The molecule has 8 heteroatoms. The van der Waals surface area contributed by atoms with E-state index >= 15 is 0 Å². The summed E-state index contributed by atoms with van der Waals surface area (Å²) in [7, 11) is 1.59. The topological polar surface area (TPSA) is 93.4 Å². The summed E-state index contributed by atoms with van der Waals surface area (Å²) < 4.78 is 10.6. The summed E-state index contributed by atoms with van der Waals surface area (Å²) in [5.74, 6) is 1.26. The van der Waals surface area contributed by atoms with Gasteiger partial charge in [-0.1, -0.05) is 12.1 Å². The van der Waals surface area contributed by atoms with Crippen LogP contribution in [-0.4, -0.2) is 47.1 Å². The highest BCUT2D eigenvalue weighted by Gasteiger charge is 2.23. The molecule has 4 aromatic rings. The van der Waals surface area contributed by atoms with E-state index in [-0.39, 0.29) is 11.9 Å². The zero-order chi connectivity index (χ0) is 21.9. The molecule has 1 aliphatic heterocycles. The second-order valence-corrected chi connectivity index (χ2v) is 7.73. The Bertz CT molecular complexity index is 1210. The number of carbonyl (C=O) groups excluding carboxylic acids is 1. The number of rotatable bonds is 5. The van der Waals surface area contributed by atoms with Gasteiger partial charge < -0.3 is 19.4 Å². The first kappa shape index (κ1) is 20.0. The Morgan fingerprint density at radius 2 is 1.81 bits per heavy atom. The number of amides is 1. The van der Waals surface area contributed by atoms with Crippen LogP contribution in [0.4, 0.5) is 5.95 Å². The van der Waals surface area contributed by atoms with E-state index in [0.29, 0.717) is 17.3 Å². The maximum Gasteiger partial charge on any atom is 0.251 e. The molecule has 1 fully saturated rings. The van der Waals surface area contributed by atoms with Crippen molar-refractivity contribution >= 4 is 22.8 Å². The lowest BCUT2D eigenvalue weighted by Crippen LogP contribution is -2.45. The van der Waals surface area contributed by atoms with E-state index in [2.05, 4.69) is 25.2 Å². The SMILES string of the molecule is COc1cnc(N2CCC(NC(=O)c3ccc(-c4nccc5occc45)cc3)CC2)nc1. The number of hydrogen-bond acceptors (Lipinski definition) is 7. The van der Waals surface area contributed by atoms with Crippen LogP contribution in [0.2, 0.25) is 0 Å². The van der Waals surface area contributed by atoms with Crippen LogP contribution >= 0.6 is 0 Å². The number of pyridine rings is 1. The van der Waals surface area contributed by atoms with Gasteiger partial charge in [0, 0.05) is 41.8 Å². The minimum Gasteiger partial charge on any atom is -0.494 e. The number of nitrogens with zero attached hydrogens (tertiary/aromatic N) is 4. The Hall–Kier alpha value is -3.94. The third-order valence-electron chi connectivity index (χ3n) is 5.76. The van der Waals surface area contributed by atoms with Gasteiger partial charge >= 0.3 is 0 Å². The lowest BCUT2D eigenvalue weighted by atomic mass is 10.0. The zero-order valence-corrected chi connectivity index (χ0v) is 17.7. The molecule has 0 bridgehead atoms. The molecule has 1 aromatic carbocycles. The minimum atomic E-state index is -0.0647. The summed E-state index contributed by atoms with van der Waals surface area (Å²) in [4.78, 5) is 28.1. The molecule has 1 saturated heterocycles. The minimum absolute atomic E-state index is 0.0647. The number of fused-ring (bicyclic) bond motifs is 1. The summed E-state index contributed by atoms with van der Waals surface area (Å²) in [6, 6.07) is 11.4. The maximum atomic E-state index is 12.8. The highest BCUT2D eigenvalue weighted by atomic mass is 16.5. The zero-order valence-electron chi connectivity index (χ0n) is 17.7. The molecule has 0 aliphatic carbocycles. The van der Waals surface area contributed by atoms with Crippen LogP contribution in [0.25, 0.3) is 22.2 Å². The van der Waals surface area contributed by atoms with Gasteiger partial charge in [-0.05, 0) is 37.1 Å². The molecular formula is C24H23N5O3. The van der Waals surface area contributed by atoms with Crippen molar-refractivity contribution in [2.75, 3.05) is 25.1 Å². The number of aromatic nitrogens is 3.